The molecule has 0 aliphatic heterocycles. The highest BCUT2D eigenvalue weighted by Gasteiger charge is 2.00. The largest absolute Gasteiger partial charge is 0.494 e. The van der Waals surface area contributed by atoms with E-state index < -0.39 is 0 Å². The molecule has 3 heteroatoms. The van der Waals surface area contributed by atoms with Gasteiger partial charge in [-0.2, -0.15) is 0 Å². The van der Waals surface area contributed by atoms with Crippen molar-refractivity contribution in [1.29, 1.82) is 0 Å². The summed E-state index contributed by atoms with van der Waals surface area (Å²) in [4.78, 5) is 4.53. The molecule has 0 N–H and O–H groups in total. The Kier molecular flexibility index (Phi) is 3.79. The van der Waals surface area contributed by atoms with E-state index in [1.165, 1.54) is 15.6 Å². The first kappa shape index (κ1) is 12.9. The normalized spacial score (nSPS) is 11.2. The van der Waals surface area contributed by atoms with Crippen LogP contribution in [0.1, 0.15) is 12.5 Å². The summed E-state index contributed by atoms with van der Waals surface area (Å²) >= 11 is 1.75. The molecule has 1 aromatic heterocycles. The second kappa shape index (κ2) is 5.88. The molecule has 2 nitrogen and oxygen atoms in total. The van der Waals surface area contributed by atoms with E-state index in [1.807, 2.05) is 37.4 Å². The SMILES string of the molecule is CCOc1ccc(N=Cc2csc3ccccc23)cc1. The number of ether oxygens (including phenoxy) is 1. The number of aliphatic imine (C=N–C) groups is 1. The maximum absolute atomic E-state index is 5.42. The van der Waals surface area contributed by atoms with Crippen LogP contribution in [-0.2, 0) is 0 Å². The highest BCUT2D eigenvalue weighted by molar-refractivity contribution is 7.17. The molecular weight excluding hydrogens is 266 g/mol. The van der Waals surface area contributed by atoms with Crippen molar-refractivity contribution >= 4 is 33.3 Å². The molecule has 1 heterocycles. The Morgan fingerprint density at radius 2 is 1.90 bits per heavy atom. The lowest BCUT2D eigenvalue weighted by Gasteiger charge is -2.01. The maximum atomic E-state index is 5.42. The van der Waals surface area contributed by atoms with Gasteiger partial charge in [0.2, 0.25) is 0 Å². The van der Waals surface area contributed by atoms with Gasteiger partial charge in [-0.3, -0.25) is 4.99 Å². The van der Waals surface area contributed by atoms with Crippen molar-refractivity contribution in [3.8, 4) is 5.75 Å². The molecule has 0 amide bonds. The van der Waals surface area contributed by atoms with Crippen LogP contribution < -0.4 is 4.74 Å². The van der Waals surface area contributed by atoms with E-state index >= 15 is 0 Å². The Morgan fingerprint density at radius 3 is 2.70 bits per heavy atom. The van der Waals surface area contributed by atoms with Gasteiger partial charge in [0.1, 0.15) is 5.75 Å². The molecule has 0 spiro atoms. The molecule has 100 valence electrons. The molecule has 0 radical (unpaired) electrons. The van der Waals surface area contributed by atoms with Gasteiger partial charge in [-0.15, -0.1) is 11.3 Å². The van der Waals surface area contributed by atoms with Crippen LogP contribution in [0.5, 0.6) is 5.75 Å². The predicted molar refractivity (Wildman–Crippen MR) is 86.7 cm³/mol. The molecule has 2 aromatic carbocycles. The van der Waals surface area contributed by atoms with Crippen LogP contribution >= 0.6 is 11.3 Å². The topological polar surface area (TPSA) is 21.6 Å². The van der Waals surface area contributed by atoms with E-state index in [4.69, 9.17) is 4.74 Å². The quantitative estimate of drug-likeness (QED) is 0.613. The maximum Gasteiger partial charge on any atom is 0.119 e. The molecule has 0 aliphatic rings. The Hall–Kier alpha value is -2.13. The van der Waals surface area contributed by atoms with Crippen molar-refractivity contribution in [2.24, 2.45) is 4.99 Å². The zero-order chi connectivity index (χ0) is 13.8. The van der Waals surface area contributed by atoms with Gasteiger partial charge in [0, 0.05) is 27.2 Å². The second-order valence-corrected chi connectivity index (χ2v) is 5.28. The Labute approximate surface area is 122 Å². The lowest BCUT2D eigenvalue weighted by Crippen LogP contribution is -1.89. The van der Waals surface area contributed by atoms with Crippen LogP contribution in [0.3, 0.4) is 0 Å². The lowest BCUT2D eigenvalue weighted by atomic mass is 10.2. The predicted octanol–water partition coefficient (Wildman–Crippen LogP) is 5.05. The van der Waals surface area contributed by atoms with Crippen molar-refractivity contribution in [2.45, 2.75) is 6.92 Å². The van der Waals surface area contributed by atoms with Gasteiger partial charge in [-0.25, -0.2) is 0 Å². The number of hydrogen-bond acceptors (Lipinski definition) is 3. The van der Waals surface area contributed by atoms with Crippen molar-refractivity contribution in [3.63, 3.8) is 0 Å². The van der Waals surface area contributed by atoms with Crippen LogP contribution in [0.2, 0.25) is 0 Å². The summed E-state index contributed by atoms with van der Waals surface area (Å²) in [5.41, 5.74) is 2.10. The fourth-order valence-corrected chi connectivity index (χ4v) is 2.95. The molecule has 3 rings (SSSR count). The summed E-state index contributed by atoms with van der Waals surface area (Å²) in [7, 11) is 0. The van der Waals surface area contributed by atoms with E-state index in [1.54, 1.807) is 11.3 Å². The van der Waals surface area contributed by atoms with Gasteiger partial charge >= 0.3 is 0 Å². The van der Waals surface area contributed by atoms with Gasteiger partial charge < -0.3 is 4.74 Å². The van der Waals surface area contributed by atoms with E-state index in [-0.39, 0.29) is 0 Å². The van der Waals surface area contributed by atoms with Gasteiger partial charge in [0.15, 0.2) is 0 Å². The monoisotopic (exact) mass is 281 g/mol. The molecule has 20 heavy (non-hydrogen) atoms. The lowest BCUT2D eigenvalue weighted by molar-refractivity contribution is 0.340. The Morgan fingerprint density at radius 1 is 1.10 bits per heavy atom. The third-order valence-corrected chi connectivity index (χ3v) is 3.99. The zero-order valence-electron chi connectivity index (χ0n) is 11.2. The van der Waals surface area contributed by atoms with Crippen LogP contribution in [-0.4, -0.2) is 12.8 Å². The summed E-state index contributed by atoms with van der Waals surface area (Å²) in [5.74, 6) is 0.882. The fraction of sp³-hybridized carbons (Fsp3) is 0.118. The van der Waals surface area contributed by atoms with Gasteiger partial charge in [0.25, 0.3) is 0 Å². The first-order valence-corrected chi connectivity index (χ1v) is 7.48. The molecule has 0 saturated carbocycles. The highest BCUT2D eigenvalue weighted by atomic mass is 32.1. The van der Waals surface area contributed by atoms with Gasteiger partial charge in [-0.1, -0.05) is 18.2 Å². The first-order chi connectivity index (χ1) is 9.86. The molecule has 0 atom stereocenters. The molecule has 0 saturated heterocycles. The van der Waals surface area contributed by atoms with E-state index in [2.05, 4.69) is 34.6 Å². The minimum atomic E-state index is 0.684. The molecule has 0 fully saturated rings. The summed E-state index contributed by atoms with van der Waals surface area (Å²) in [6.07, 6.45) is 1.93. The highest BCUT2D eigenvalue weighted by Crippen LogP contribution is 2.25. The number of rotatable bonds is 4. The van der Waals surface area contributed by atoms with E-state index in [0.717, 1.165) is 11.4 Å². The average molecular weight is 281 g/mol. The number of benzene rings is 2. The third kappa shape index (κ3) is 2.73. The summed E-state index contributed by atoms with van der Waals surface area (Å²) in [5, 5.41) is 3.40. The fourth-order valence-electron chi connectivity index (χ4n) is 2.04. The molecule has 3 aromatic rings. The van der Waals surface area contributed by atoms with E-state index in [9.17, 15) is 0 Å². The van der Waals surface area contributed by atoms with Crippen LogP contribution in [0, 0.1) is 0 Å². The van der Waals surface area contributed by atoms with Crippen molar-refractivity contribution < 1.29 is 4.74 Å². The zero-order valence-corrected chi connectivity index (χ0v) is 12.1. The molecule has 0 unspecified atom stereocenters. The average Bonchev–Trinajstić information content (AvgIpc) is 2.90. The van der Waals surface area contributed by atoms with Gasteiger partial charge in [0.05, 0.1) is 12.3 Å². The number of thiophene rings is 1. The number of fused-ring (bicyclic) bond motifs is 1. The molecule has 0 aliphatic carbocycles. The first-order valence-electron chi connectivity index (χ1n) is 6.60. The summed E-state index contributed by atoms with van der Waals surface area (Å²) in [6, 6.07) is 16.2. The second-order valence-electron chi connectivity index (χ2n) is 4.37. The van der Waals surface area contributed by atoms with Crippen LogP contribution in [0.4, 0.5) is 5.69 Å². The number of hydrogen-bond donors (Lipinski definition) is 0. The number of nitrogens with zero attached hydrogens (tertiary/aromatic N) is 1. The Balaban J connectivity index is 1.83. The van der Waals surface area contributed by atoms with Crippen molar-refractivity contribution in [2.75, 3.05) is 6.61 Å². The van der Waals surface area contributed by atoms with Crippen LogP contribution in [0.25, 0.3) is 10.1 Å². The van der Waals surface area contributed by atoms with Crippen molar-refractivity contribution in [1.82, 2.24) is 0 Å². The van der Waals surface area contributed by atoms with Crippen LogP contribution in [0.15, 0.2) is 58.9 Å². The summed E-state index contributed by atoms with van der Waals surface area (Å²) < 4.78 is 6.71. The third-order valence-electron chi connectivity index (χ3n) is 3.01. The van der Waals surface area contributed by atoms with E-state index in [0.29, 0.717) is 6.61 Å². The molecular formula is C17H15NOS. The minimum absolute atomic E-state index is 0.684. The Bertz CT molecular complexity index is 728. The standard InChI is InChI=1S/C17H15NOS/c1-2-19-15-9-7-14(8-10-15)18-11-13-12-20-17-6-4-3-5-16(13)17/h3-12H,2H2,1H3. The summed E-state index contributed by atoms with van der Waals surface area (Å²) in [6.45, 7) is 2.66. The smallest absolute Gasteiger partial charge is 0.119 e. The van der Waals surface area contributed by atoms with Crippen molar-refractivity contribution in [3.05, 3.63) is 59.5 Å². The van der Waals surface area contributed by atoms with Gasteiger partial charge in [-0.05, 0) is 37.3 Å². The molecule has 0 bridgehead atoms. The minimum Gasteiger partial charge on any atom is -0.494 e.